The second-order valence-corrected chi connectivity index (χ2v) is 8.77. The zero-order valence-corrected chi connectivity index (χ0v) is 18.0. The third kappa shape index (κ3) is 5.52. The number of carbonyl (C=O) groups is 1. The summed E-state index contributed by atoms with van der Waals surface area (Å²) in [4.78, 5) is 12.4. The van der Waals surface area contributed by atoms with Crippen molar-refractivity contribution in [3.05, 3.63) is 83.4 Å². The molecule has 3 aromatic rings. The molecule has 3 rings (SSSR count). The van der Waals surface area contributed by atoms with Crippen LogP contribution >= 0.6 is 11.6 Å². The van der Waals surface area contributed by atoms with E-state index in [9.17, 15) is 13.2 Å². The summed E-state index contributed by atoms with van der Waals surface area (Å²) in [5.41, 5.74) is 1.62. The molecular formula is C22H21ClN2O4S. The molecule has 3 aromatic carbocycles. The Labute approximate surface area is 180 Å². The lowest BCUT2D eigenvalue weighted by Gasteiger charge is -2.15. The summed E-state index contributed by atoms with van der Waals surface area (Å²) in [5.74, 6) is 0.245. The zero-order valence-electron chi connectivity index (χ0n) is 16.4. The minimum absolute atomic E-state index is 0.0726. The Morgan fingerprint density at radius 2 is 1.67 bits per heavy atom. The summed E-state index contributed by atoms with van der Waals surface area (Å²) < 4.78 is 33.4. The molecule has 1 atom stereocenters. The van der Waals surface area contributed by atoms with Gasteiger partial charge in [0, 0.05) is 10.7 Å². The number of anilines is 2. The number of amides is 1. The lowest BCUT2D eigenvalue weighted by Crippen LogP contribution is -2.30. The van der Waals surface area contributed by atoms with E-state index in [4.69, 9.17) is 16.3 Å². The lowest BCUT2D eigenvalue weighted by molar-refractivity contribution is -0.122. The normalized spacial score (nSPS) is 12.1. The van der Waals surface area contributed by atoms with E-state index in [1.54, 1.807) is 44.2 Å². The third-order valence-corrected chi connectivity index (χ3v) is 5.91. The van der Waals surface area contributed by atoms with Crippen molar-refractivity contribution in [2.24, 2.45) is 0 Å². The van der Waals surface area contributed by atoms with Crippen LogP contribution in [0.15, 0.2) is 77.7 Å². The SMILES string of the molecule is Cc1cc(Cl)ccc1NS(=O)(=O)c1ccc(NC(=O)C(C)Oc2ccccc2)cc1. The van der Waals surface area contributed by atoms with Crippen molar-refractivity contribution >= 4 is 38.9 Å². The summed E-state index contributed by atoms with van der Waals surface area (Å²) in [7, 11) is -3.78. The van der Waals surface area contributed by atoms with Crippen LogP contribution in [-0.4, -0.2) is 20.4 Å². The Morgan fingerprint density at radius 1 is 1.00 bits per heavy atom. The summed E-state index contributed by atoms with van der Waals surface area (Å²) >= 11 is 5.91. The van der Waals surface area contributed by atoms with Crippen LogP contribution in [0.5, 0.6) is 5.75 Å². The molecule has 0 heterocycles. The molecule has 0 aromatic heterocycles. The van der Waals surface area contributed by atoms with E-state index in [2.05, 4.69) is 10.0 Å². The van der Waals surface area contributed by atoms with Crippen molar-refractivity contribution in [2.45, 2.75) is 24.8 Å². The molecule has 0 aliphatic rings. The molecule has 0 aliphatic heterocycles. The average Bonchev–Trinajstić information content (AvgIpc) is 2.71. The van der Waals surface area contributed by atoms with Crippen LogP contribution in [0.1, 0.15) is 12.5 Å². The number of hydrogen-bond acceptors (Lipinski definition) is 4. The van der Waals surface area contributed by atoms with Gasteiger partial charge in [0.2, 0.25) is 0 Å². The van der Waals surface area contributed by atoms with E-state index in [0.717, 1.165) is 0 Å². The van der Waals surface area contributed by atoms with Gasteiger partial charge in [-0.15, -0.1) is 0 Å². The fraction of sp³-hybridized carbons (Fsp3) is 0.136. The van der Waals surface area contributed by atoms with Crippen molar-refractivity contribution < 1.29 is 17.9 Å². The zero-order chi connectivity index (χ0) is 21.7. The van der Waals surface area contributed by atoms with Crippen molar-refractivity contribution in [2.75, 3.05) is 10.0 Å². The van der Waals surface area contributed by atoms with Crippen LogP contribution in [0, 0.1) is 6.92 Å². The second-order valence-electron chi connectivity index (χ2n) is 6.65. The van der Waals surface area contributed by atoms with E-state index in [1.165, 1.54) is 24.3 Å². The first kappa shape index (κ1) is 21.7. The number of sulfonamides is 1. The molecule has 0 fully saturated rings. The van der Waals surface area contributed by atoms with Crippen LogP contribution < -0.4 is 14.8 Å². The van der Waals surface area contributed by atoms with E-state index in [1.807, 2.05) is 18.2 Å². The lowest BCUT2D eigenvalue weighted by atomic mass is 10.2. The molecule has 6 nitrogen and oxygen atoms in total. The monoisotopic (exact) mass is 444 g/mol. The van der Waals surface area contributed by atoms with E-state index in [0.29, 0.717) is 27.7 Å². The van der Waals surface area contributed by atoms with Gasteiger partial charge in [0.25, 0.3) is 15.9 Å². The van der Waals surface area contributed by atoms with Crippen LogP contribution in [0.2, 0.25) is 5.02 Å². The number of ether oxygens (including phenoxy) is 1. The van der Waals surface area contributed by atoms with Gasteiger partial charge in [-0.25, -0.2) is 8.42 Å². The van der Waals surface area contributed by atoms with Crippen molar-refractivity contribution in [3.8, 4) is 5.75 Å². The molecule has 8 heteroatoms. The minimum atomic E-state index is -3.78. The van der Waals surface area contributed by atoms with E-state index in [-0.39, 0.29) is 10.8 Å². The molecule has 1 unspecified atom stereocenters. The molecule has 30 heavy (non-hydrogen) atoms. The number of carbonyl (C=O) groups excluding carboxylic acids is 1. The molecule has 0 aliphatic carbocycles. The summed E-state index contributed by atoms with van der Waals surface area (Å²) in [6.07, 6.45) is -0.717. The fourth-order valence-electron chi connectivity index (χ4n) is 2.66. The number of halogens is 1. The Morgan fingerprint density at radius 3 is 2.30 bits per heavy atom. The topological polar surface area (TPSA) is 84.5 Å². The largest absolute Gasteiger partial charge is 0.481 e. The van der Waals surface area contributed by atoms with E-state index < -0.39 is 16.1 Å². The van der Waals surface area contributed by atoms with Crippen LogP contribution in [0.4, 0.5) is 11.4 Å². The third-order valence-electron chi connectivity index (χ3n) is 4.29. The Balaban J connectivity index is 1.65. The molecule has 1 amide bonds. The van der Waals surface area contributed by atoms with Gasteiger partial charge in [-0.1, -0.05) is 29.8 Å². The van der Waals surface area contributed by atoms with Crippen molar-refractivity contribution in [3.63, 3.8) is 0 Å². The standard InChI is InChI=1S/C22H21ClN2O4S/c1-15-14-17(23)8-13-21(15)25-30(27,28)20-11-9-18(10-12-20)24-22(26)16(2)29-19-6-4-3-5-7-19/h3-14,16,25H,1-2H3,(H,24,26). The maximum Gasteiger partial charge on any atom is 0.265 e. The predicted octanol–water partition coefficient (Wildman–Crippen LogP) is 4.86. The maximum absolute atomic E-state index is 12.6. The number of rotatable bonds is 7. The highest BCUT2D eigenvalue weighted by Crippen LogP contribution is 2.23. The Kier molecular flexibility index (Phi) is 6.64. The molecule has 156 valence electrons. The summed E-state index contributed by atoms with van der Waals surface area (Å²) in [6.45, 7) is 3.40. The number of para-hydroxylation sites is 1. The van der Waals surface area contributed by atoms with E-state index >= 15 is 0 Å². The van der Waals surface area contributed by atoms with Gasteiger partial charge in [0.1, 0.15) is 5.75 Å². The predicted molar refractivity (Wildman–Crippen MR) is 119 cm³/mol. The fourth-order valence-corrected chi connectivity index (χ4v) is 4.02. The van der Waals surface area contributed by atoms with Crippen LogP contribution in [0.3, 0.4) is 0 Å². The minimum Gasteiger partial charge on any atom is -0.481 e. The van der Waals surface area contributed by atoms with Gasteiger partial charge in [0.15, 0.2) is 6.10 Å². The van der Waals surface area contributed by atoms with Crippen molar-refractivity contribution in [1.82, 2.24) is 0 Å². The number of aryl methyl sites for hydroxylation is 1. The second kappa shape index (κ2) is 9.19. The van der Waals surface area contributed by atoms with Gasteiger partial charge in [-0.2, -0.15) is 0 Å². The molecule has 0 saturated carbocycles. The molecule has 0 saturated heterocycles. The number of benzene rings is 3. The first-order chi connectivity index (χ1) is 14.2. The van der Waals surface area contributed by atoms with Gasteiger partial charge < -0.3 is 10.1 Å². The summed E-state index contributed by atoms with van der Waals surface area (Å²) in [5, 5.41) is 3.24. The molecule has 2 N–H and O–H groups in total. The van der Waals surface area contributed by atoms with Crippen molar-refractivity contribution in [1.29, 1.82) is 0 Å². The van der Waals surface area contributed by atoms with Gasteiger partial charge in [-0.3, -0.25) is 9.52 Å². The highest BCUT2D eigenvalue weighted by molar-refractivity contribution is 7.92. The first-order valence-electron chi connectivity index (χ1n) is 9.16. The quantitative estimate of drug-likeness (QED) is 0.545. The van der Waals surface area contributed by atoms with Crippen LogP contribution in [0.25, 0.3) is 0 Å². The first-order valence-corrected chi connectivity index (χ1v) is 11.0. The van der Waals surface area contributed by atoms with Crippen LogP contribution in [-0.2, 0) is 14.8 Å². The number of nitrogens with one attached hydrogen (secondary N) is 2. The highest BCUT2D eigenvalue weighted by atomic mass is 35.5. The number of hydrogen-bond donors (Lipinski definition) is 2. The van der Waals surface area contributed by atoms with Gasteiger partial charge in [0.05, 0.1) is 10.6 Å². The van der Waals surface area contributed by atoms with Gasteiger partial charge >= 0.3 is 0 Å². The summed E-state index contributed by atoms with van der Waals surface area (Å²) in [6, 6.07) is 19.8. The Bertz CT molecular complexity index is 1130. The molecule has 0 bridgehead atoms. The Hall–Kier alpha value is -3.03. The van der Waals surface area contributed by atoms with Gasteiger partial charge in [-0.05, 0) is 74.0 Å². The molecular weight excluding hydrogens is 424 g/mol. The maximum atomic E-state index is 12.6. The smallest absolute Gasteiger partial charge is 0.265 e. The molecule has 0 spiro atoms. The molecule has 0 radical (unpaired) electrons. The highest BCUT2D eigenvalue weighted by Gasteiger charge is 2.17. The average molecular weight is 445 g/mol.